The molecule has 8 nitrogen and oxygen atoms in total. The zero-order chi connectivity index (χ0) is 19.8. The largest absolute Gasteiger partial charge is 0.493 e. The highest BCUT2D eigenvalue weighted by Crippen LogP contribution is 2.38. The van der Waals surface area contributed by atoms with Gasteiger partial charge in [0, 0.05) is 18.8 Å². The fourth-order valence-corrected chi connectivity index (χ4v) is 3.47. The smallest absolute Gasteiger partial charge is 0.214 e. The summed E-state index contributed by atoms with van der Waals surface area (Å²) in [5, 5.41) is 16.1. The van der Waals surface area contributed by atoms with Crippen LogP contribution in [0.15, 0.2) is 47.6 Å². The molecule has 28 heavy (non-hydrogen) atoms. The van der Waals surface area contributed by atoms with Crippen molar-refractivity contribution in [1.82, 2.24) is 25.5 Å². The van der Waals surface area contributed by atoms with Crippen molar-refractivity contribution in [3.8, 4) is 22.9 Å². The van der Waals surface area contributed by atoms with Gasteiger partial charge in [0.1, 0.15) is 0 Å². The molecule has 2 aromatic carbocycles. The molecule has 0 radical (unpaired) electrons. The molecule has 0 saturated heterocycles. The Kier molecular flexibility index (Phi) is 7.10. The Morgan fingerprint density at radius 1 is 1.00 bits per heavy atom. The molecule has 0 aliphatic rings. The van der Waals surface area contributed by atoms with Crippen LogP contribution in [0.4, 0.5) is 0 Å². The predicted molar refractivity (Wildman–Crippen MR) is 108 cm³/mol. The lowest BCUT2D eigenvalue weighted by molar-refractivity contribution is 0.323. The van der Waals surface area contributed by atoms with Crippen molar-refractivity contribution >= 4 is 11.8 Å². The first kappa shape index (κ1) is 20.0. The van der Waals surface area contributed by atoms with Gasteiger partial charge in [-0.15, -0.1) is 5.10 Å². The maximum atomic E-state index is 5.39. The van der Waals surface area contributed by atoms with E-state index in [1.807, 2.05) is 42.5 Å². The van der Waals surface area contributed by atoms with Gasteiger partial charge < -0.3 is 19.5 Å². The van der Waals surface area contributed by atoms with Crippen LogP contribution in [0.3, 0.4) is 0 Å². The van der Waals surface area contributed by atoms with Crippen molar-refractivity contribution < 1.29 is 14.2 Å². The van der Waals surface area contributed by atoms with Gasteiger partial charge in [-0.25, -0.2) is 0 Å². The fourth-order valence-electron chi connectivity index (χ4n) is 2.68. The summed E-state index contributed by atoms with van der Waals surface area (Å²) in [5.41, 5.74) is 1.99. The van der Waals surface area contributed by atoms with Gasteiger partial charge in [-0.05, 0) is 40.3 Å². The van der Waals surface area contributed by atoms with Crippen molar-refractivity contribution in [2.75, 3.05) is 33.6 Å². The second-order valence-corrected chi connectivity index (χ2v) is 6.83. The Bertz CT molecular complexity index is 863. The minimum absolute atomic E-state index is 0.594. The molecule has 0 aliphatic heterocycles. The second-order valence-electron chi connectivity index (χ2n) is 5.77. The van der Waals surface area contributed by atoms with Crippen LogP contribution in [0.1, 0.15) is 5.56 Å². The summed E-state index contributed by atoms with van der Waals surface area (Å²) in [6, 6.07) is 13.7. The number of benzene rings is 2. The van der Waals surface area contributed by atoms with E-state index in [1.165, 1.54) is 0 Å². The van der Waals surface area contributed by atoms with E-state index in [1.54, 1.807) is 37.8 Å². The van der Waals surface area contributed by atoms with Crippen LogP contribution in [0.5, 0.6) is 17.2 Å². The van der Waals surface area contributed by atoms with Gasteiger partial charge in [0.15, 0.2) is 11.5 Å². The Balaban J connectivity index is 1.53. The van der Waals surface area contributed by atoms with E-state index in [4.69, 9.17) is 14.2 Å². The summed E-state index contributed by atoms with van der Waals surface area (Å²) < 4.78 is 17.9. The maximum Gasteiger partial charge on any atom is 0.214 e. The second kappa shape index (κ2) is 9.95. The maximum absolute atomic E-state index is 5.39. The minimum Gasteiger partial charge on any atom is -0.493 e. The molecule has 1 N–H and O–H groups in total. The monoisotopic (exact) mass is 401 g/mol. The van der Waals surface area contributed by atoms with Crippen LogP contribution < -0.4 is 19.5 Å². The zero-order valence-electron chi connectivity index (χ0n) is 16.1. The number of rotatable bonds is 10. The fraction of sp³-hybridized carbons (Fsp3) is 0.316. The normalized spacial score (nSPS) is 10.7. The van der Waals surface area contributed by atoms with E-state index in [0.29, 0.717) is 23.8 Å². The molecule has 0 unspecified atom stereocenters. The van der Waals surface area contributed by atoms with E-state index in [-0.39, 0.29) is 0 Å². The van der Waals surface area contributed by atoms with Gasteiger partial charge in [-0.1, -0.05) is 30.0 Å². The summed E-state index contributed by atoms with van der Waals surface area (Å²) in [5.74, 6) is 2.72. The summed E-state index contributed by atoms with van der Waals surface area (Å²) >= 11 is 1.60. The third kappa shape index (κ3) is 4.73. The molecule has 1 aromatic heterocycles. The molecule has 0 spiro atoms. The lowest BCUT2D eigenvalue weighted by atomic mass is 10.2. The lowest BCUT2D eigenvalue weighted by Crippen LogP contribution is -2.17. The molecular formula is C19H23N5O3S. The molecule has 9 heteroatoms. The molecule has 0 aliphatic carbocycles. The van der Waals surface area contributed by atoms with Gasteiger partial charge >= 0.3 is 0 Å². The van der Waals surface area contributed by atoms with Gasteiger partial charge in [0.25, 0.3) is 0 Å². The molecule has 0 fully saturated rings. The summed E-state index contributed by atoms with van der Waals surface area (Å²) in [6.07, 6.45) is 0. The predicted octanol–water partition coefficient (Wildman–Crippen LogP) is 2.57. The quantitative estimate of drug-likeness (QED) is 0.410. The molecule has 0 atom stereocenters. The molecule has 3 rings (SSSR count). The van der Waals surface area contributed by atoms with E-state index in [2.05, 4.69) is 20.8 Å². The number of tetrazole rings is 1. The number of methoxy groups -OCH3 is 3. The van der Waals surface area contributed by atoms with Crippen molar-refractivity contribution in [3.05, 3.63) is 48.0 Å². The summed E-state index contributed by atoms with van der Waals surface area (Å²) in [7, 11) is 4.82. The number of hydrogen-bond donors (Lipinski definition) is 1. The lowest BCUT2D eigenvalue weighted by Gasteiger charge is -2.14. The first-order chi connectivity index (χ1) is 13.8. The van der Waals surface area contributed by atoms with Crippen LogP contribution >= 0.6 is 11.8 Å². The topological polar surface area (TPSA) is 83.3 Å². The number of para-hydroxylation sites is 1. The Hall–Kier alpha value is -2.78. The van der Waals surface area contributed by atoms with Crippen LogP contribution in [-0.2, 0) is 6.54 Å². The highest BCUT2D eigenvalue weighted by atomic mass is 32.2. The van der Waals surface area contributed by atoms with Crippen molar-refractivity contribution in [2.45, 2.75) is 11.7 Å². The molecule has 0 amide bonds. The zero-order valence-corrected chi connectivity index (χ0v) is 16.9. The highest BCUT2D eigenvalue weighted by molar-refractivity contribution is 7.99. The molecular weight excluding hydrogens is 378 g/mol. The van der Waals surface area contributed by atoms with Crippen LogP contribution in [0.25, 0.3) is 5.69 Å². The van der Waals surface area contributed by atoms with Crippen LogP contribution in [0.2, 0.25) is 0 Å². The number of hydrogen-bond acceptors (Lipinski definition) is 8. The number of ether oxygens (including phenoxy) is 3. The average Bonchev–Trinajstić information content (AvgIpc) is 3.21. The molecule has 148 valence electrons. The van der Waals surface area contributed by atoms with Gasteiger partial charge in [0.2, 0.25) is 10.9 Å². The third-order valence-electron chi connectivity index (χ3n) is 4.01. The van der Waals surface area contributed by atoms with Gasteiger partial charge in [-0.3, -0.25) is 0 Å². The van der Waals surface area contributed by atoms with Crippen molar-refractivity contribution in [2.24, 2.45) is 0 Å². The average molecular weight is 401 g/mol. The SMILES string of the molecule is COc1cc(CNCCSc2nnnn2-c2ccccc2)cc(OC)c1OC. The minimum atomic E-state index is 0.594. The van der Waals surface area contributed by atoms with Gasteiger partial charge in [0.05, 0.1) is 27.0 Å². The highest BCUT2D eigenvalue weighted by Gasteiger charge is 2.13. The Labute approximate surface area is 168 Å². The summed E-state index contributed by atoms with van der Waals surface area (Å²) in [4.78, 5) is 0. The Morgan fingerprint density at radius 3 is 2.36 bits per heavy atom. The molecule has 1 heterocycles. The Morgan fingerprint density at radius 2 is 1.71 bits per heavy atom. The van der Waals surface area contributed by atoms with E-state index < -0.39 is 0 Å². The third-order valence-corrected chi connectivity index (χ3v) is 4.93. The van der Waals surface area contributed by atoms with E-state index in [9.17, 15) is 0 Å². The van der Waals surface area contributed by atoms with Crippen LogP contribution in [-0.4, -0.2) is 53.8 Å². The molecule has 3 aromatic rings. The van der Waals surface area contributed by atoms with E-state index in [0.717, 1.165) is 28.7 Å². The number of nitrogens with one attached hydrogen (secondary N) is 1. The van der Waals surface area contributed by atoms with Crippen LogP contribution in [0, 0.1) is 0 Å². The standard InChI is InChI=1S/C19H23N5O3S/c1-25-16-11-14(12-17(26-2)18(16)27-3)13-20-9-10-28-19-21-22-23-24(19)15-7-5-4-6-8-15/h4-8,11-12,20H,9-10,13H2,1-3H3. The van der Waals surface area contributed by atoms with Crippen molar-refractivity contribution in [3.63, 3.8) is 0 Å². The number of nitrogens with zero attached hydrogens (tertiary/aromatic N) is 4. The summed E-state index contributed by atoms with van der Waals surface area (Å²) in [6.45, 7) is 1.48. The van der Waals surface area contributed by atoms with Crippen molar-refractivity contribution in [1.29, 1.82) is 0 Å². The van der Waals surface area contributed by atoms with E-state index >= 15 is 0 Å². The first-order valence-corrected chi connectivity index (χ1v) is 9.71. The van der Waals surface area contributed by atoms with Gasteiger partial charge in [-0.2, -0.15) is 4.68 Å². The first-order valence-electron chi connectivity index (χ1n) is 8.73. The molecule has 0 saturated carbocycles. The molecule has 0 bridgehead atoms. The number of thioether (sulfide) groups is 1. The number of aromatic nitrogens is 4.